The number of aryl methyl sites for hydroxylation is 2. The number of pyridine rings is 1. The van der Waals surface area contributed by atoms with E-state index in [4.69, 9.17) is 9.47 Å². The molecule has 0 amide bonds. The lowest BCUT2D eigenvalue weighted by Crippen LogP contribution is -2.30. The van der Waals surface area contributed by atoms with Crippen LogP contribution >= 0.6 is 0 Å². The molecule has 208 valence electrons. The van der Waals surface area contributed by atoms with E-state index in [1.165, 1.54) is 0 Å². The van der Waals surface area contributed by atoms with Crippen LogP contribution in [0.5, 0.6) is 5.88 Å². The van der Waals surface area contributed by atoms with Crippen LogP contribution in [0.2, 0.25) is 0 Å². The second-order valence-corrected chi connectivity index (χ2v) is 11.0. The highest BCUT2D eigenvalue weighted by Crippen LogP contribution is 2.41. The van der Waals surface area contributed by atoms with Crippen molar-refractivity contribution in [1.82, 2.24) is 24.5 Å². The van der Waals surface area contributed by atoms with Crippen LogP contribution in [0.15, 0.2) is 47.7 Å². The van der Waals surface area contributed by atoms with Crippen molar-refractivity contribution < 1.29 is 13.9 Å². The van der Waals surface area contributed by atoms with Crippen LogP contribution in [-0.4, -0.2) is 37.4 Å². The smallest absolute Gasteiger partial charge is 0.256 e. The van der Waals surface area contributed by atoms with Gasteiger partial charge in [0.2, 0.25) is 12.2 Å². The summed E-state index contributed by atoms with van der Waals surface area (Å²) < 4.78 is 28.1. The van der Waals surface area contributed by atoms with Gasteiger partial charge in [0.25, 0.3) is 5.56 Å². The van der Waals surface area contributed by atoms with E-state index < -0.39 is 0 Å². The molecule has 9 heteroatoms. The average molecular weight is 544 g/mol. The van der Waals surface area contributed by atoms with Crippen molar-refractivity contribution in [3.63, 3.8) is 0 Å². The fraction of sp³-hybridized carbons (Fsp3) is 0.452. The maximum absolute atomic E-state index is 14.7. The molecule has 1 atom stereocenters. The quantitative estimate of drug-likeness (QED) is 0.307. The molecule has 6 rings (SSSR count). The molecule has 0 bridgehead atoms. The summed E-state index contributed by atoms with van der Waals surface area (Å²) in [6.07, 6.45) is 10.6. The fourth-order valence-electron chi connectivity index (χ4n) is 6.17. The van der Waals surface area contributed by atoms with Crippen molar-refractivity contribution in [3.05, 3.63) is 87.1 Å². The van der Waals surface area contributed by atoms with Crippen molar-refractivity contribution in [2.75, 3.05) is 6.61 Å². The molecule has 1 aliphatic heterocycles. The van der Waals surface area contributed by atoms with Crippen LogP contribution < -0.4 is 10.3 Å². The molecule has 4 heterocycles. The summed E-state index contributed by atoms with van der Waals surface area (Å²) in [6, 6.07) is 7.17. The van der Waals surface area contributed by atoms with Gasteiger partial charge in [0.15, 0.2) is 5.65 Å². The molecule has 8 nitrogen and oxygen atoms in total. The minimum absolute atomic E-state index is 0.0581. The second kappa shape index (κ2) is 11.4. The zero-order valence-electron chi connectivity index (χ0n) is 23.0. The topological polar surface area (TPSA) is 92.0 Å². The normalized spacial score (nSPS) is 21.4. The first-order valence-electron chi connectivity index (χ1n) is 14.2. The molecule has 0 N–H and O–H groups in total. The summed E-state index contributed by atoms with van der Waals surface area (Å²) in [5, 5.41) is 0. The molecule has 1 aliphatic carbocycles. The summed E-state index contributed by atoms with van der Waals surface area (Å²) in [4.78, 5) is 32.3. The predicted molar refractivity (Wildman–Crippen MR) is 149 cm³/mol. The number of benzene rings is 1. The van der Waals surface area contributed by atoms with Gasteiger partial charge in [-0.2, -0.15) is 0 Å². The number of nitrogens with zero attached hydrogens (tertiary/aromatic N) is 5. The maximum atomic E-state index is 14.7. The van der Waals surface area contributed by atoms with Gasteiger partial charge in [-0.3, -0.25) is 19.3 Å². The van der Waals surface area contributed by atoms with Crippen molar-refractivity contribution in [3.8, 4) is 5.88 Å². The lowest BCUT2D eigenvalue weighted by atomic mass is 9.75. The van der Waals surface area contributed by atoms with E-state index in [1.54, 1.807) is 35.3 Å². The molecule has 1 saturated carbocycles. The molecule has 3 aromatic heterocycles. The minimum atomic E-state index is -0.376. The minimum Gasteiger partial charge on any atom is -0.446 e. The largest absolute Gasteiger partial charge is 0.446 e. The Morgan fingerprint density at radius 3 is 2.60 bits per heavy atom. The first-order valence-corrected chi connectivity index (χ1v) is 14.2. The molecule has 1 saturated heterocycles. The van der Waals surface area contributed by atoms with Crippen LogP contribution in [0, 0.1) is 19.7 Å². The third-order valence-electron chi connectivity index (χ3n) is 8.21. The van der Waals surface area contributed by atoms with Gasteiger partial charge in [-0.1, -0.05) is 12.1 Å². The van der Waals surface area contributed by atoms with E-state index >= 15 is 0 Å². The Kier molecular flexibility index (Phi) is 7.56. The van der Waals surface area contributed by atoms with E-state index in [0.29, 0.717) is 29.3 Å². The molecule has 1 unspecified atom stereocenters. The van der Waals surface area contributed by atoms with E-state index in [0.717, 1.165) is 67.3 Å². The highest BCUT2D eigenvalue weighted by molar-refractivity contribution is 5.71. The fourth-order valence-corrected chi connectivity index (χ4v) is 6.17. The van der Waals surface area contributed by atoms with Crippen LogP contribution in [0.1, 0.15) is 84.9 Å². The highest BCUT2D eigenvalue weighted by Gasteiger charge is 2.29. The Bertz CT molecular complexity index is 1560. The van der Waals surface area contributed by atoms with Gasteiger partial charge in [-0.25, -0.2) is 14.4 Å². The Labute approximate surface area is 232 Å². The molecule has 2 fully saturated rings. The van der Waals surface area contributed by atoms with Gasteiger partial charge >= 0.3 is 0 Å². The maximum Gasteiger partial charge on any atom is 0.256 e. The standard InChI is InChI=1S/C31H34FN5O3/c1-19-6-5-7-24(32)28(19)22-11-9-21(10-12-22)23-16-25-29(36-20(2)17-35-25)37(31(23)38)18-26-30(34-14-13-33-26)40-27-8-3-4-15-39-27/h5-7,13-14,16-17,21-22,27H,3-4,8-12,15,18H2,1-2H3. The van der Waals surface area contributed by atoms with Crippen molar-refractivity contribution in [2.24, 2.45) is 0 Å². The number of hydrogen-bond acceptors (Lipinski definition) is 7. The van der Waals surface area contributed by atoms with E-state index in [9.17, 15) is 9.18 Å². The summed E-state index contributed by atoms with van der Waals surface area (Å²) in [6.45, 7) is 4.64. The zero-order chi connectivity index (χ0) is 27.6. The SMILES string of the molecule is Cc1cnc2cc(C3CCC(c4c(C)cccc4F)CC3)c(=O)n(Cc3nccnc3OC3CCCCO3)c2n1. The molecule has 0 spiro atoms. The molecular weight excluding hydrogens is 509 g/mol. The highest BCUT2D eigenvalue weighted by atomic mass is 19.1. The van der Waals surface area contributed by atoms with E-state index in [-0.39, 0.29) is 36.0 Å². The van der Waals surface area contributed by atoms with Crippen LogP contribution in [-0.2, 0) is 11.3 Å². The lowest BCUT2D eigenvalue weighted by Gasteiger charge is -2.30. The van der Waals surface area contributed by atoms with E-state index in [2.05, 4.69) is 19.9 Å². The van der Waals surface area contributed by atoms with Gasteiger partial charge < -0.3 is 9.47 Å². The monoisotopic (exact) mass is 543 g/mol. The molecule has 40 heavy (non-hydrogen) atoms. The third-order valence-corrected chi connectivity index (χ3v) is 8.21. The van der Waals surface area contributed by atoms with Crippen LogP contribution in [0.25, 0.3) is 11.2 Å². The Hall–Kier alpha value is -3.72. The molecule has 4 aromatic rings. The summed E-state index contributed by atoms with van der Waals surface area (Å²) in [7, 11) is 0. The third kappa shape index (κ3) is 5.35. The van der Waals surface area contributed by atoms with Crippen molar-refractivity contribution in [1.29, 1.82) is 0 Å². The van der Waals surface area contributed by atoms with Gasteiger partial charge in [-0.15, -0.1) is 0 Å². The first kappa shape index (κ1) is 26.5. The number of rotatable bonds is 6. The lowest BCUT2D eigenvalue weighted by molar-refractivity contribution is -0.108. The van der Waals surface area contributed by atoms with Crippen molar-refractivity contribution in [2.45, 2.75) is 83.5 Å². The van der Waals surface area contributed by atoms with Gasteiger partial charge in [0.1, 0.15) is 17.0 Å². The molecule has 2 aliphatic rings. The average Bonchev–Trinajstić information content (AvgIpc) is 2.96. The summed E-state index contributed by atoms with van der Waals surface area (Å²) in [5.41, 5.74) is 4.85. The first-order chi connectivity index (χ1) is 19.5. The van der Waals surface area contributed by atoms with Crippen LogP contribution in [0.4, 0.5) is 4.39 Å². The van der Waals surface area contributed by atoms with Gasteiger partial charge in [0, 0.05) is 30.6 Å². The van der Waals surface area contributed by atoms with E-state index in [1.807, 2.05) is 26.0 Å². The van der Waals surface area contributed by atoms with Crippen molar-refractivity contribution >= 4 is 11.2 Å². The van der Waals surface area contributed by atoms with Crippen LogP contribution in [0.3, 0.4) is 0 Å². The summed E-state index contributed by atoms with van der Waals surface area (Å²) >= 11 is 0. The van der Waals surface area contributed by atoms with Gasteiger partial charge in [-0.05, 0) is 87.5 Å². The Morgan fingerprint density at radius 2 is 1.82 bits per heavy atom. The Balaban J connectivity index is 1.32. The number of hydrogen-bond donors (Lipinski definition) is 0. The summed E-state index contributed by atoms with van der Waals surface area (Å²) in [5.74, 6) is 0.440. The number of halogens is 1. The number of fused-ring (bicyclic) bond motifs is 1. The predicted octanol–water partition coefficient (Wildman–Crippen LogP) is 5.73. The second-order valence-electron chi connectivity index (χ2n) is 11.0. The zero-order valence-corrected chi connectivity index (χ0v) is 23.0. The van der Waals surface area contributed by atoms with Gasteiger partial charge in [0.05, 0.1) is 18.8 Å². The Morgan fingerprint density at radius 1 is 1.02 bits per heavy atom. The molecule has 1 aromatic carbocycles. The number of ether oxygens (including phenoxy) is 2. The number of aromatic nitrogens is 5. The molecule has 0 radical (unpaired) electrons. The molecular formula is C31H34FN5O3.